The first-order valence-electron chi connectivity index (χ1n) is 14.6. The number of ether oxygens (including phenoxy) is 3. The van der Waals surface area contributed by atoms with Gasteiger partial charge in [-0.1, -0.05) is 23.8 Å². The molecule has 4 aliphatic rings. The van der Waals surface area contributed by atoms with Crippen LogP contribution in [0.25, 0.3) is 22.2 Å². The highest BCUT2D eigenvalue weighted by Gasteiger charge is 2.47. The van der Waals surface area contributed by atoms with E-state index in [1.54, 1.807) is 0 Å². The third-order valence-electron chi connectivity index (χ3n) is 9.06. The normalized spacial score (nSPS) is 23.4. The summed E-state index contributed by atoms with van der Waals surface area (Å²) < 4.78 is 78.1. The van der Waals surface area contributed by atoms with E-state index in [0.717, 1.165) is 44.0 Å². The second-order valence-electron chi connectivity index (χ2n) is 11.9. The van der Waals surface area contributed by atoms with Crippen molar-refractivity contribution in [3.8, 4) is 23.1 Å². The van der Waals surface area contributed by atoms with Gasteiger partial charge >= 0.3 is 12.2 Å². The summed E-state index contributed by atoms with van der Waals surface area (Å²) in [4.78, 5) is 17.7. The molecule has 2 aromatic heterocycles. The molecule has 3 N–H and O–H groups in total. The van der Waals surface area contributed by atoms with Crippen molar-refractivity contribution < 1.29 is 31.8 Å². The average molecular weight is 648 g/mol. The number of nitrogen functional groups attached to an aromatic ring is 1. The van der Waals surface area contributed by atoms with Crippen molar-refractivity contribution in [2.45, 2.75) is 43.4 Å². The van der Waals surface area contributed by atoms with Crippen LogP contribution in [0, 0.1) is 11.2 Å². The predicted octanol–water partition coefficient (Wildman–Crippen LogP) is 5.24. The number of nitrogens with one attached hydrogen (secondary N) is 1. The Bertz CT molecular complexity index is 1740. The van der Waals surface area contributed by atoms with E-state index in [9.17, 15) is 13.2 Å². The maximum absolute atomic E-state index is 16.8. The Hall–Kier alpha value is -3.75. The maximum atomic E-state index is 16.8. The largest absolute Gasteiger partial charge is 0.475 e. The zero-order chi connectivity index (χ0) is 31.7. The Labute approximate surface area is 260 Å². The van der Waals surface area contributed by atoms with E-state index in [1.807, 2.05) is 4.90 Å². The van der Waals surface area contributed by atoms with Crippen molar-refractivity contribution in [1.29, 1.82) is 5.41 Å². The molecule has 0 aliphatic carbocycles. The van der Waals surface area contributed by atoms with Crippen LogP contribution in [0.5, 0.6) is 11.9 Å². The van der Waals surface area contributed by atoms with Crippen molar-refractivity contribution in [3.05, 3.63) is 40.2 Å². The molecule has 0 amide bonds. The van der Waals surface area contributed by atoms with Crippen LogP contribution < -0.4 is 20.1 Å². The van der Waals surface area contributed by atoms with Crippen LogP contribution in [0.1, 0.15) is 36.8 Å². The van der Waals surface area contributed by atoms with Gasteiger partial charge in [0.15, 0.2) is 5.82 Å². The van der Waals surface area contributed by atoms with Gasteiger partial charge in [-0.3, -0.25) is 4.90 Å². The second-order valence-corrected chi connectivity index (χ2v) is 12.3. The summed E-state index contributed by atoms with van der Waals surface area (Å²) in [6, 6.07) is 0.416. The first-order valence-corrected chi connectivity index (χ1v) is 15.0. The zero-order valence-corrected chi connectivity index (χ0v) is 24.9. The SMILES string of the molecule is C=C1CN2CCC[C@@]2(COc2nc3c4c(nc(-c5c(C=N)c(N)cc(Cl)c5C(F)(F)F)c(F)c4n2)OC[C@@H]2COCCCN32)C1. The lowest BCUT2D eigenvalue weighted by atomic mass is 9.94. The Balaban J connectivity index is 1.45. The number of hydrogen-bond donors (Lipinski definition) is 2. The number of anilines is 2. The number of aromatic nitrogens is 3. The van der Waals surface area contributed by atoms with Crippen molar-refractivity contribution >= 4 is 40.2 Å². The minimum atomic E-state index is -5.03. The van der Waals surface area contributed by atoms with Crippen molar-refractivity contribution in [2.24, 2.45) is 0 Å². The molecule has 3 aromatic rings. The Kier molecular flexibility index (Phi) is 7.28. The molecule has 4 aliphatic heterocycles. The van der Waals surface area contributed by atoms with Gasteiger partial charge in [-0.25, -0.2) is 9.37 Å². The molecule has 3 fully saturated rings. The molecule has 0 spiro atoms. The highest BCUT2D eigenvalue weighted by atomic mass is 35.5. The average Bonchev–Trinajstić information content (AvgIpc) is 3.33. The van der Waals surface area contributed by atoms with Gasteiger partial charge in [-0.05, 0) is 38.3 Å². The molecule has 45 heavy (non-hydrogen) atoms. The van der Waals surface area contributed by atoms with E-state index in [2.05, 4.69) is 21.4 Å². The van der Waals surface area contributed by atoms with Crippen molar-refractivity contribution in [1.82, 2.24) is 19.9 Å². The number of benzene rings is 1. The molecule has 0 unspecified atom stereocenters. The van der Waals surface area contributed by atoms with E-state index in [4.69, 9.17) is 41.9 Å². The van der Waals surface area contributed by atoms with Gasteiger partial charge in [0.05, 0.1) is 28.8 Å². The van der Waals surface area contributed by atoms with Gasteiger partial charge in [0.2, 0.25) is 5.88 Å². The van der Waals surface area contributed by atoms with Crippen LogP contribution in [0.3, 0.4) is 0 Å². The molecule has 0 bridgehead atoms. The predicted molar refractivity (Wildman–Crippen MR) is 160 cm³/mol. The smallest absolute Gasteiger partial charge is 0.418 e. The fourth-order valence-corrected chi connectivity index (χ4v) is 7.40. The van der Waals surface area contributed by atoms with Crippen LogP contribution in [0.4, 0.5) is 29.1 Å². The molecule has 2 atom stereocenters. The molecule has 7 rings (SSSR count). The topological polar surface area (TPSA) is 123 Å². The van der Waals surface area contributed by atoms with E-state index < -0.39 is 39.4 Å². The van der Waals surface area contributed by atoms with Crippen LogP contribution in [-0.4, -0.2) is 83.7 Å². The summed E-state index contributed by atoms with van der Waals surface area (Å²) in [6.07, 6.45) is -1.12. The molecule has 238 valence electrons. The van der Waals surface area contributed by atoms with Crippen LogP contribution in [0.15, 0.2) is 18.2 Å². The molecule has 10 nitrogen and oxygen atoms in total. The number of halogens is 5. The highest BCUT2D eigenvalue weighted by molar-refractivity contribution is 6.32. The Morgan fingerprint density at radius 1 is 1.22 bits per heavy atom. The number of nitrogens with two attached hydrogens (primary N) is 1. The minimum Gasteiger partial charge on any atom is -0.475 e. The van der Waals surface area contributed by atoms with Crippen molar-refractivity contribution in [3.63, 3.8) is 0 Å². The fraction of sp³-hybridized carbons (Fsp3) is 0.467. The molecular formula is C30H30ClF4N7O3. The lowest BCUT2D eigenvalue weighted by Gasteiger charge is -2.31. The number of hydrogen-bond acceptors (Lipinski definition) is 10. The first kappa shape index (κ1) is 29.9. The van der Waals surface area contributed by atoms with E-state index in [-0.39, 0.29) is 59.9 Å². The molecule has 1 aromatic carbocycles. The van der Waals surface area contributed by atoms with Crippen molar-refractivity contribution in [2.75, 3.05) is 56.7 Å². The summed E-state index contributed by atoms with van der Waals surface area (Å²) in [5.41, 5.74) is 2.92. The first-order chi connectivity index (χ1) is 21.5. The van der Waals surface area contributed by atoms with Crippen LogP contribution in [-0.2, 0) is 10.9 Å². The van der Waals surface area contributed by atoms with Gasteiger partial charge in [0, 0.05) is 42.7 Å². The van der Waals surface area contributed by atoms with E-state index in [0.29, 0.717) is 31.6 Å². The number of pyridine rings is 1. The van der Waals surface area contributed by atoms with Gasteiger partial charge in [-0.15, -0.1) is 0 Å². The lowest BCUT2D eigenvalue weighted by Crippen LogP contribution is -2.43. The monoisotopic (exact) mass is 647 g/mol. The molecule has 6 heterocycles. The summed E-state index contributed by atoms with van der Waals surface area (Å²) in [6.45, 7) is 7.40. The molecule has 15 heteroatoms. The molecule has 0 radical (unpaired) electrons. The molecule has 3 saturated heterocycles. The number of rotatable bonds is 5. The summed E-state index contributed by atoms with van der Waals surface area (Å²) in [5, 5.41) is 7.20. The number of nitrogens with zero attached hydrogens (tertiary/aromatic N) is 5. The van der Waals surface area contributed by atoms with Gasteiger partial charge < -0.3 is 30.3 Å². The highest BCUT2D eigenvalue weighted by Crippen LogP contribution is 2.48. The number of alkyl halides is 3. The summed E-state index contributed by atoms with van der Waals surface area (Å²) >= 11 is 6.05. The summed E-state index contributed by atoms with van der Waals surface area (Å²) in [5.74, 6) is -1.05. The third-order valence-corrected chi connectivity index (χ3v) is 9.35. The Morgan fingerprint density at radius 3 is 2.82 bits per heavy atom. The van der Waals surface area contributed by atoms with Gasteiger partial charge in [-0.2, -0.15) is 23.1 Å². The molecule has 0 saturated carbocycles. The number of fused-ring (bicyclic) bond motifs is 3. The zero-order valence-electron chi connectivity index (χ0n) is 24.1. The summed E-state index contributed by atoms with van der Waals surface area (Å²) in [7, 11) is 0. The second kappa shape index (κ2) is 11.0. The quantitative estimate of drug-likeness (QED) is 0.166. The van der Waals surface area contributed by atoms with Crippen LogP contribution in [0.2, 0.25) is 5.02 Å². The van der Waals surface area contributed by atoms with Crippen LogP contribution >= 0.6 is 11.6 Å². The molecular weight excluding hydrogens is 618 g/mol. The van der Waals surface area contributed by atoms with Gasteiger partial charge in [0.1, 0.15) is 35.6 Å². The maximum Gasteiger partial charge on any atom is 0.418 e. The Morgan fingerprint density at radius 2 is 2.04 bits per heavy atom. The standard InChI is InChI=1S/C30H30ClF4N7O3/c1-15-9-29(4-2-5-41(29)11-15)14-45-28-39-25-21-26(40-28)42-6-3-7-43-12-16(42)13-44-27(21)38-24(23(25)32)20-17(10-36)19(37)8-18(31)22(20)30(33,34)35/h8,10,16,36H,1-7,9,11-14,37H2/t16-,29-/m0/s1. The van der Waals surface area contributed by atoms with E-state index in [1.165, 1.54) is 0 Å². The van der Waals surface area contributed by atoms with Gasteiger partial charge in [0.25, 0.3) is 0 Å². The lowest BCUT2D eigenvalue weighted by molar-refractivity contribution is -0.137. The van der Waals surface area contributed by atoms with E-state index >= 15 is 4.39 Å². The minimum absolute atomic E-state index is 0.0428. The fourth-order valence-electron chi connectivity index (χ4n) is 7.08. The third kappa shape index (κ3) is 4.93.